The number of sulfonamides is 1. The highest BCUT2D eigenvalue weighted by atomic mass is 32.2. The Hall–Kier alpha value is -3.37. The summed E-state index contributed by atoms with van der Waals surface area (Å²) in [6.07, 6.45) is 3.57. The maximum Gasteiger partial charge on any atom is 0.341 e. The summed E-state index contributed by atoms with van der Waals surface area (Å²) in [5, 5.41) is 3.20. The molecule has 1 amide bonds. The Balaban J connectivity index is 1.65. The maximum absolute atomic E-state index is 13.6. The lowest BCUT2D eigenvalue weighted by Gasteiger charge is -2.24. The first kappa shape index (κ1) is 25.7. The number of nitrogens with zero attached hydrogens (tertiary/aromatic N) is 1. The molecule has 0 spiro atoms. The van der Waals surface area contributed by atoms with Gasteiger partial charge in [0, 0.05) is 4.88 Å². The van der Waals surface area contributed by atoms with Crippen LogP contribution in [0.3, 0.4) is 0 Å². The van der Waals surface area contributed by atoms with Gasteiger partial charge in [-0.2, -0.15) is 0 Å². The molecule has 4 rings (SSSR count). The SMILES string of the molecule is CCOC(=O)c1c(NC(=O)CN(c2ccccc2)S(=O)(=O)c2ccc(OC)cc2)sc2c1CCCC2. The molecule has 0 saturated carbocycles. The van der Waals surface area contributed by atoms with Gasteiger partial charge in [-0.05, 0) is 74.6 Å². The zero-order valence-electron chi connectivity index (χ0n) is 20.2. The number of thiophene rings is 1. The van der Waals surface area contributed by atoms with Crippen molar-refractivity contribution in [2.24, 2.45) is 0 Å². The van der Waals surface area contributed by atoms with Crippen molar-refractivity contribution in [2.45, 2.75) is 37.5 Å². The van der Waals surface area contributed by atoms with Crippen LogP contribution < -0.4 is 14.4 Å². The number of ether oxygens (including phenoxy) is 2. The number of benzene rings is 2. The molecule has 1 heterocycles. The first-order chi connectivity index (χ1) is 17.3. The number of para-hydroxylation sites is 1. The number of amides is 1. The van der Waals surface area contributed by atoms with E-state index in [2.05, 4.69) is 5.32 Å². The van der Waals surface area contributed by atoms with Crippen LogP contribution in [0.15, 0.2) is 59.5 Å². The van der Waals surface area contributed by atoms with Crippen molar-refractivity contribution < 1.29 is 27.5 Å². The Morgan fingerprint density at radius 2 is 1.72 bits per heavy atom. The smallest absolute Gasteiger partial charge is 0.341 e. The van der Waals surface area contributed by atoms with Gasteiger partial charge in [0.15, 0.2) is 0 Å². The molecule has 0 saturated heterocycles. The first-order valence-electron chi connectivity index (χ1n) is 11.7. The second-order valence-corrected chi connectivity index (χ2v) is 11.2. The molecule has 2 aromatic carbocycles. The van der Waals surface area contributed by atoms with Crippen LogP contribution in [0.2, 0.25) is 0 Å². The predicted molar refractivity (Wildman–Crippen MR) is 140 cm³/mol. The largest absolute Gasteiger partial charge is 0.497 e. The summed E-state index contributed by atoms with van der Waals surface area (Å²) < 4.78 is 38.6. The van der Waals surface area contributed by atoms with Crippen LogP contribution in [0, 0.1) is 0 Å². The molecule has 0 bridgehead atoms. The van der Waals surface area contributed by atoms with E-state index in [1.54, 1.807) is 49.4 Å². The Kier molecular flexibility index (Phi) is 7.95. The van der Waals surface area contributed by atoms with E-state index >= 15 is 0 Å². The highest BCUT2D eigenvalue weighted by molar-refractivity contribution is 7.92. The molecule has 36 heavy (non-hydrogen) atoms. The second-order valence-electron chi connectivity index (χ2n) is 8.21. The number of carbonyl (C=O) groups excluding carboxylic acids is 2. The van der Waals surface area contributed by atoms with Gasteiger partial charge in [-0.1, -0.05) is 18.2 Å². The highest BCUT2D eigenvalue weighted by Crippen LogP contribution is 2.38. The molecule has 1 aliphatic carbocycles. The minimum absolute atomic E-state index is 0.0266. The van der Waals surface area contributed by atoms with E-state index in [9.17, 15) is 18.0 Å². The van der Waals surface area contributed by atoms with Crippen molar-refractivity contribution in [2.75, 3.05) is 29.9 Å². The average molecular weight is 529 g/mol. The highest BCUT2D eigenvalue weighted by Gasteiger charge is 2.30. The van der Waals surface area contributed by atoms with Crippen LogP contribution in [0.25, 0.3) is 0 Å². The number of aryl methyl sites for hydroxylation is 1. The lowest BCUT2D eigenvalue weighted by Crippen LogP contribution is -2.38. The van der Waals surface area contributed by atoms with E-state index in [1.165, 1.54) is 30.6 Å². The van der Waals surface area contributed by atoms with Crippen molar-refractivity contribution in [3.8, 4) is 5.75 Å². The van der Waals surface area contributed by atoms with E-state index < -0.39 is 28.4 Å². The molecule has 1 aromatic heterocycles. The fraction of sp³-hybridized carbons (Fsp3) is 0.308. The van der Waals surface area contributed by atoms with Crippen LogP contribution in [-0.2, 0) is 32.4 Å². The molecule has 1 aliphatic rings. The Morgan fingerprint density at radius 3 is 2.39 bits per heavy atom. The van der Waals surface area contributed by atoms with Gasteiger partial charge in [-0.3, -0.25) is 9.10 Å². The number of esters is 1. The van der Waals surface area contributed by atoms with Gasteiger partial charge in [-0.15, -0.1) is 11.3 Å². The molecule has 0 atom stereocenters. The molecule has 190 valence electrons. The third-order valence-electron chi connectivity index (χ3n) is 5.88. The van der Waals surface area contributed by atoms with Crippen LogP contribution in [0.4, 0.5) is 10.7 Å². The van der Waals surface area contributed by atoms with Crippen molar-refractivity contribution in [1.82, 2.24) is 0 Å². The van der Waals surface area contributed by atoms with Gasteiger partial charge >= 0.3 is 5.97 Å². The summed E-state index contributed by atoms with van der Waals surface area (Å²) in [6.45, 7) is 1.48. The zero-order chi connectivity index (χ0) is 25.7. The number of fused-ring (bicyclic) bond motifs is 1. The summed E-state index contributed by atoms with van der Waals surface area (Å²) in [4.78, 5) is 27.1. The number of rotatable bonds is 9. The minimum atomic E-state index is -4.08. The predicted octanol–water partition coefficient (Wildman–Crippen LogP) is 4.65. The number of hydrogen-bond acceptors (Lipinski definition) is 7. The molecule has 0 radical (unpaired) electrons. The van der Waals surface area contributed by atoms with Crippen LogP contribution >= 0.6 is 11.3 Å². The Labute approximate surface area is 214 Å². The fourth-order valence-electron chi connectivity index (χ4n) is 4.15. The van der Waals surface area contributed by atoms with E-state index in [1.807, 2.05) is 0 Å². The zero-order valence-corrected chi connectivity index (χ0v) is 21.8. The molecular formula is C26H28N2O6S2. The number of carbonyl (C=O) groups is 2. The average Bonchev–Trinajstić information content (AvgIpc) is 3.25. The lowest BCUT2D eigenvalue weighted by atomic mass is 9.95. The molecule has 0 unspecified atom stereocenters. The van der Waals surface area contributed by atoms with Gasteiger partial charge in [-0.25, -0.2) is 13.2 Å². The van der Waals surface area contributed by atoms with Crippen LogP contribution in [0.1, 0.15) is 40.6 Å². The summed E-state index contributed by atoms with van der Waals surface area (Å²) >= 11 is 1.36. The molecule has 8 nitrogen and oxygen atoms in total. The van der Waals surface area contributed by atoms with Crippen molar-refractivity contribution >= 4 is 43.9 Å². The Bertz CT molecular complexity index is 1330. The van der Waals surface area contributed by atoms with E-state index in [0.29, 0.717) is 22.0 Å². The molecular weight excluding hydrogens is 500 g/mol. The Morgan fingerprint density at radius 1 is 1.03 bits per heavy atom. The number of nitrogens with one attached hydrogen (secondary N) is 1. The van der Waals surface area contributed by atoms with Crippen molar-refractivity contribution in [3.63, 3.8) is 0 Å². The van der Waals surface area contributed by atoms with E-state index in [4.69, 9.17) is 9.47 Å². The first-order valence-corrected chi connectivity index (χ1v) is 13.9. The van der Waals surface area contributed by atoms with Gasteiger partial charge in [0.1, 0.15) is 17.3 Å². The fourth-order valence-corrected chi connectivity index (χ4v) is 6.87. The molecule has 0 fully saturated rings. The molecule has 3 aromatic rings. The van der Waals surface area contributed by atoms with Gasteiger partial charge < -0.3 is 14.8 Å². The van der Waals surface area contributed by atoms with Gasteiger partial charge in [0.2, 0.25) is 5.91 Å². The molecule has 1 N–H and O–H groups in total. The monoisotopic (exact) mass is 528 g/mol. The summed E-state index contributed by atoms with van der Waals surface area (Å²) in [6, 6.07) is 14.4. The summed E-state index contributed by atoms with van der Waals surface area (Å²) in [5.74, 6) is -0.510. The lowest BCUT2D eigenvalue weighted by molar-refractivity contribution is -0.114. The summed E-state index contributed by atoms with van der Waals surface area (Å²) in [7, 11) is -2.58. The number of hydrogen-bond donors (Lipinski definition) is 1. The number of methoxy groups -OCH3 is 1. The topological polar surface area (TPSA) is 102 Å². The standard InChI is InChI=1S/C26H28N2O6S2/c1-3-34-26(30)24-21-11-7-8-12-22(21)35-25(24)27-23(29)17-28(18-9-5-4-6-10-18)36(31,32)20-15-13-19(33-2)14-16-20/h4-6,9-10,13-16H,3,7-8,11-12,17H2,1-2H3,(H,27,29). The van der Waals surface area contributed by atoms with Crippen molar-refractivity contribution in [3.05, 3.63) is 70.6 Å². The van der Waals surface area contributed by atoms with E-state index in [-0.39, 0.29) is 11.5 Å². The minimum Gasteiger partial charge on any atom is -0.497 e. The third kappa shape index (κ3) is 5.39. The van der Waals surface area contributed by atoms with Gasteiger partial charge in [0.05, 0.1) is 29.9 Å². The maximum atomic E-state index is 13.6. The normalized spacial score (nSPS) is 12.9. The van der Waals surface area contributed by atoms with Crippen LogP contribution in [-0.4, -0.2) is 40.6 Å². The van der Waals surface area contributed by atoms with Gasteiger partial charge in [0.25, 0.3) is 10.0 Å². The quantitative estimate of drug-likeness (QED) is 0.406. The number of anilines is 2. The van der Waals surface area contributed by atoms with Crippen molar-refractivity contribution in [1.29, 1.82) is 0 Å². The molecule has 10 heteroatoms. The molecule has 0 aliphatic heterocycles. The second kappa shape index (κ2) is 11.1. The third-order valence-corrected chi connectivity index (χ3v) is 8.88. The van der Waals surface area contributed by atoms with E-state index in [0.717, 1.165) is 40.4 Å². The summed E-state index contributed by atoms with van der Waals surface area (Å²) in [5.41, 5.74) is 1.65. The van der Waals surface area contributed by atoms with Crippen LogP contribution in [0.5, 0.6) is 5.75 Å².